The summed E-state index contributed by atoms with van der Waals surface area (Å²) in [5.74, 6) is 0.883. The van der Waals surface area contributed by atoms with Gasteiger partial charge in [0.05, 0.1) is 0 Å². The van der Waals surface area contributed by atoms with Gasteiger partial charge in [-0.25, -0.2) is 0 Å². The minimum atomic E-state index is 0.267. The highest BCUT2D eigenvalue weighted by atomic mass is 16.3. The molecule has 0 aromatic carbocycles. The summed E-state index contributed by atoms with van der Waals surface area (Å²) in [5, 5.41) is 12.9. The van der Waals surface area contributed by atoms with E-state index in [0.29, 0.717) is 12.6 Å². The van der Waals surface area contributed by atoms with Crippen LogP contribution >= 0.6 is 0 Å². The van der Waals surface area contributed by atoms with Crippen LogP contribution in [0.2, 0.25) is 0 Å². The molecule has 0 aromatic heterocycles. The summed E-state index contributed by atoms with van der Waals surface area (Å²) in [6, 6.07) is 0.648. The van der Waals surface area contributed by atoms with Crippen molar-refractivity contribution < 1.29 is 5.11 Å². The average Bonchev–Trinajstić information content (AvgIpc) is 3.08. The molecule has 0 bridgehead atoms. The lowest BCUT2D eigenvalue weighted by Crippen LogP contribution is -2.39. The molecule has 2 N–H and O–H groups in total. The Labute approximate surface area is 93.5 Å². The van der Waals surface area contributed by atoms with Gasteiger partial charge in [-0.15, -0.1) is 0 Å². The highest BCUT2D eigenvalue weighted by molar-refractivity contribution is 4.95. The largest absolute Gasteiger partial charge is 0.396 e. The first-order valence-electron chi connectivity index (χ1n) is 6.60. The molecular weight excluding hydrogens is 186 g/mol. The van der Waals surface area contributed by atoms with E-state index in [2.05, 4.69) is 12.2 Å². The van der Waals surface area contributed by atoms with Crippen molar-refractivity contribution in [2.24, 2.45) is 11.3 Å². The van der Waals surface area contributed by atoms with Crippen LogP contribution in [0.5, 0.6) is 0 Å². The van der Waals surface area contributed by atoms with Crippen molar-refractivity contribution >= 4 is 0 Å². The quantitative estimate of drug-likeness (QED) is 0.731. The molecule has 15 heavy (non-hydrogen) atoms. The van der Waals surface area contributed by atoms with Gasteiger partial charge in [0.15, 0.2) is 0 Å². The van der Waals surface area contributed by atoms with Crippen molar-refractivity contribution in [3.63, 3.8) is 0 Å². The SMILES string of the molecule is CC(NCC1(CO)CC1)C1CCCCC1. The fourth-order valence-corrected chi connectivity index (χ4v) is 2.75. The predicted molar refractivity (Wildman–Crippen MR) is 62.8 cm³/mol. The summed E-state index contributed by atoms with van der Waals surface area (Å²) >= 11 is 0. The lowest BCUT2D eigenvalue weighted by molar-refractivity contribution is 0.193. The van der Waals surface area contributed by atoms with Gasteiger partial charge in [0.2, 0.25) is 0 Å². The first-order chi connectivity index (χ1) is 7.26. The van der Waals surface area contributed by atoms with Crippen LogP contribution in [-0.4, -0.2) is 24.3 Å². The summed E-state index contributed by atoms with van der Waals surface area (Å²) in [5.41, 5.74) is 0.267. The van der Waals surface area contributed by atoms with Crippen molar-refractivity contribution in [1.29, 1.82) is 0 Å². The van der Waals surface area contributed by atoms with Crippen LogP contribution in [0, 0.1) is 11.3 Å². The van der Waals surface area contributed by atoms with Crippen molar-refractivity contribution in [3.8, 4) is 0 Å². The van der Waals surface area contributed by atoms with E-state index in [1.807, 2.05) is 0 Å². The van der Waals surface area contributed by atoms with Gasteiger partial charge < -0.3 is 10.4 Å². The first-order valence-corrected chi connectivity index (χ1v) is 6.60. The van der Waals surface area contributed by atoms with E-state index in [0.717, 1.165) is 12.5 Å². The molecule has 1 atom stereocenters. The minimum absolute atomic E-state index is 0.267. The smallest absolute Gasteiger partial charge is 0.0499 e. The van der Waals surface area contributed by atoms with Crippen LogP contribution < -0.4 is 5.32 Å². The topological polar surface area (TPSA) is 32.3 Å². The Morgan fingerprint density at radius 3 is 2.47 bits per heavy atom. The molecule has 0 saturated heterocycles. The molecule has 2 aliphatic rings. The van der Waals surface area contributed by atoms with Gasteiger partial charge in [-0.2, -0.15) is 0 Å². The number of rotatable bonds is 5. The Balaban J connectivity index is 1.69. The molecule has 2 aliphatic carbocycles. The third-order valence-corrected chi connectivity index (χ3v) is 4.45. The van der Waals surface area contributed by atoms with E-state index in [1.54, 1.807) is 0 Å². The maximum Gasteiger partial charge on any atom is 0.0499 e. The number of hydrogen-bond acceptors (Lipinski definition) is 2. The van der Waals surface area contributed by atoms with Gasteiger partial charge in [-0.1, -0.05) is 19.3 Å². The van der Waals surface area contributed by atoms with Gasteiger partial charge in [0, 0.05) is 24.6 Å². The molecule has 2 nitrogen and oxygen atoms in total. The molecular formula is C13H25NO. The lowest BCUT2D eigenvalue weighted by Gasteiger charge is -2.29. The van der Waals surface area contributed by atoms with Crippen LogP contribution in [-0.2, 0) is 0 Å². The zero-order valence-electron chi connectivity index (χ0n) is 9.97. The molecule has 0 amide bonds. The second kappa shape index (κ2) is 4.84. The first kappa shape index (κ1) is 11.4. The summed E-state index contributed by atoms with van der Waals surface area (Å²) in [6.07, 6.45) is 9.51. The van der Waals surface area contributed by atoms with Crippen molar-refractivity contribution in [3.05, 3.63) is 0 Å². The zero-order chi connectivity index (χ0) is 10.7. The average molecular weight is 211 g/mol. The molecule has 1 unspecified atom stereocenters. The molecule has 0 heterocycles. The number of aliphatic hydroxyl groups is 1. The molecule has 2 heteroatoms. The molecule has 2 rings (SSSR count). The zero-order valence-corrected chi connectivity index (χ0v) is 9.97. The van der Waals surface area contributed by atoms with Gasteiger partial charge in [-0.05, 0) is 38.5 Å². The Morgan fingerprint density at radius 2 is 1.93 bits per heavy atom. The number of hydrogen-bond donors (Lipinski definition) is 2. The standard InChI is InChI=1S/C13H25NO/c1-11(12-5-3-2-4-6-12)14-9-13(10-15)7-8-13/h11-12,14-15H,2-10H2,1H3. The van der Waals surface area contributed by atoms with E-state index >= 15 is 0 Å². The van der Waals surface area contributed by atoms with Gasteiger partial charge in [0.1, 0.15) is 0 Å². The van der Waals surface area contributed by atoms with E-state index in [4.69, 9.17) is 0 Å². The van der Waals surface area contributed by atoms with Gasteiger partial charge in [-0.3, -0.25) is 0 Å². The monoisotopic (exact) mass is 211 g/mol. The Morgan fingerprint density at radius 1 is 1.27 bits per heavy atom. The number of nitrogens with one attached hydrogen (secondary N) is 1. The third-order valence-electron chi connectivity index (χ3n) is 4.45. The van der Waals surface area contributed by atoms with Crippen molar-refractivity contribution in [1.82, 2.24) is 5.32 Å². The minimum Gasteiger partial charge on any atom is -0.396 e. The van der Waals surface area contributed by atoms with Gasteiger partial charge >= 0.3 is 0 Å². The van der Waals surface area contributed by atoms with E-state index in [9.17, 15) is 5.11 Å². The highest BCUT2D eigenvalue weighted by Crippen LogP contribution is 2.44. The van der Waals surface area contributed by atoms with E-state index in [-0.39, 0.29) is 5.41 Å². The summed E-state index contributed by atoms with van der Waals surface area (Å²) < 4.78 is 0. The summed E-state index contributed by atoms with van der Waals surface area (Å²) in [7, 11) is 0. The predicted octanol–water partition coefficient (Wildman–Crippen LogP) is 2.32. The molecule has 2 saturated carbocycles. The maximum absolute atomic E-state index is 9.24. The Hall–Kier alpha value is -0.0800. The Kier molecular flexibility index (Phi) is 3.68. The van der Waals surface area contributed by atoms with Crippen LogP contribution in [0.15, 0.2) is 0 Å². The second-order valence-corrected chi connectivity index (χ2v) is 5.73. The molecule has 88 valence electrons. The second-order valence-electron chi connectivity index (χ2n) is 5.73. The van der Waals surface area contributed by atoms with Crippen LogP contribution in [0.3, 0.4) is 0 Å². The normalized spacial score (nSPS) is 27.6. The van der Waals surface area contributed by atoms with E-state index < -0.39 is 0 Å². The Bertz CT molecular complexity index is 195. The molecule has 0 aliphatic heterocycles. The van der Waals surface area contributed by atoms with Gasteiger partial charge in [0.25, 0.3) is 0 Å². The van der Waals surface area contributed by atoms with Crippen LogP contribution in [0.25, 0.3) is 0 Å². The maximum atomic E-state index is 9.24. The molecule has 0 aromatic rings. The molecule has 2 fully saturated rings. The van der Waals surface area contributed by atoms with Crippen molar-refractivity contribution in [2.45, 2.75) is 57.9 Å². The van der Waals surface area contributed by atoms with E-state index in [1.165, 1.54) is 44.9 Å². The third kappa shape index (κ3) is 2.94. The summed E-state index contributed by atoms with van der Waals surface area (Å²) in [6.45, 7) is 3.72. The lowest BCUT2D eigenvalue weighted by atomic mass is 9.84. The summed E-state index contributed by atoms with van der Waals surface area (Å²) in [4.78, 5) is 0. The van der Waals surface area contributed by atoms with Crippen LogP contribution in [0.4, 0.5) is 0 Å². The number of aliphatic hydroxyl groups excluding tert-OH is 1. The van der Waals surface area contributed by atoms with Crippen LogP contribution in [0.1, 0.15) is 51.9 Å². The fourth-order valence-electron chi connectivity index (χ4n) is 2.75. The van der Waals surface area contributed by atoms with Crippen molar-refractivity contribution in [2.75, 3.05) is 13.2 Å². The highest BCUT2D eigenvalue weighted by Gasteiger charge is 2.41. The molecule has 0 radical (unpaired) electrons. The molecule has 0 spiro atoms. The fraction of sp³-hybridized carbons (Fsp3) is 1.00.